The van der Waals surface area contributed by atoms with Crippen molar-refractivity contribution >= 4 is 23.2 Å². The Morgan fingerprint density at radius 1 is 1.48 bits per heavy atom. The molecular weight excluding hydrogens is 292 g/mol. The van der Waals surface area contributed by atoms with Crippen LogP contribution in [0.4, 0.5) is 5.69 Å². The van der Waals surface area contributed by atoms with Crippen LogP contribution >= 0.6 is 11.6 Å². The predicted molar refractivity (Wildman–Crippen MR) is 83.1 cm³/mol. The average molecular weight is 309 g/mol. The van der Waals surface area contributed by atoms with Crippen molar-refractivity contribution in [2.75, 3.05) is 19.0 Å². The topological polar surface area (TPSA) is 85.7 Å². The van der Waals surface area contributed by atoms with Crippen LogP contribution in [0.1, 0.15) is 11.5 Å². The second kappa shape index (κ2) is 6.99. The van der Waals surface area contributed by atoms with Gasteiger partial charge in [0.25, 0.3) is 0 Å². The number of guanidine groups is 1. The zero-order valence-corrected chi connectivity index (χ0v) is 12.6. The van der Waals surface area contributed by atoms with E-state index < -0.39 is 0 Å². The molecule has 0 aliphatic heterocycles. The fraction of sp³-hybridized carbons (Fsp3) is 0.286. The van der Waals surface area contributed by atoms with Gasteiger partial charge in [0.2, 0.25) is 0 Å². The lowest BCUT2D eigenvalue weighted by molar-refractivity contribution is 0.381. The lowest BCUT2D eigenvalue weighted by Gasteiger charge is -2.08. The van der Waals surface area contributed by atoms with Gasteiger partial charge in [-0.15, -0.1) is 0 Å². The second-order valence-corrected chi connectivity index (χ2v) is 4.83. The van der Waals surface area contributed by atoms with E-state index in [1.165, 1.54) is 0 Å². The van der Waals surface area contributed by atoms with Crippen molar-refractivity contribution in [3.8, 4) is 5.75 Å². The van der Waals surface area contributed by atoms with E-state index in [0.717, 1.165) is 17.1 Å². The predicted octanol–water partition coefficient (Wildman–Crippen LogP) is 2.61. The number of aromatic nitrogens is 1. The Balaban J connectivity index is 1.89. The first-order valence-corrected chi connectivity index (χ1v) is 6.79. The lowest BCUT2D eigenvalue weighted by atomic mass is 10.3. The molecule has 0 fully saturated rings. The van der Waals surface area contributed by atoms with E-state index in [2.05, 4.69) is 15.5 Å². The maximum absolute atomic E-state index is 6.03. The van der Waals surface area contributed by atoms with E-state index in [4.69, 9.17) is 26.6 Å². The first-order valence-electron chi connectivity index (χ1n) is 6.41. The van der Waals surface area contributed by atoms with E-state index in [1.807, 2.05) is 19.1 Å². The van der Waals surface area contributed by atoms with Gasteiger partial charge in [0.05, 0.1) is 17.8 Å². The molecule has 1 heterocycles. The van der Waals surface area contributed by atoms with Crippen LogP contribution < -0.4 is 15.8 Å². The zero-order valence-electron chi connectivity index (χ0n) is 11.9. The molecule has 7 heteroatoms. The molecule has 0 saturated carbocycles. The standard InChI is InChI=1S/C14H17ClN4O2/c1-9-7-11(21-19-9)5-6-17-14(16)18-10-3-4-13(20-2)12(15)8-10/h3-4,7-8H,5-6H2,1-2H3,(H3,16,17,18). The molecule has 6 nitrogen and oxygen atoms in total. The fourth-order valence-corrected chi connectivity index (χ4v) is 2.01. The summed E-state index contributed by atoms with van der Waals surface area (Å²) in [6, 6.07) is 7.17. The fourth-order valence-electron chi connectivity index (χ4n) is 1.75. The van der Waals surface area contributed by atoms with Gasteiger partial charge in [-0.05, 0) is 25.1 Å². The minimum absolute atomic E-state index is 0.312. The van der Waals surface area contributed by atoms with Crippen LogP contribution in [0.3, 0.4) is 0 Å². The summed E-state index contributed by atoms with van der Waals surface area (Å²) in [5, 5.41) is 7.29. The molecule has 0 bridgehead atoms. The van der Waals surface area contributed by atoms with E-state index in [0.29, 0.717) is 29.7 Å². The van der Waals surface area contributed by atoms with Crippen molar-refractivity contribution in [1.29, 1.82) is 0 Å². The Kier molecular flexibility index (Phi) is 5.05. The van der Waals surface area contributed by atoms with Gasteiger partial charge in [-0.3, -0.25) is 4.99 Å². The molecule has 2 aromatic rings. The van der Waals surface area contributed by atoms with Gasteiger partial charge in [0.1, 0.15) is 11.5 Å². The lowest BCUT2D eigenvalue weighted by Crippen LogP contribution is -2.23. The minimum Gasteiger partial charge on any atom is -0.495 e. The summed E-state index contributed by atoms with van der Waals surface area (Å²) < 4.78 is 10.2. The Morgan fingerprint density at radius 2 is 2.29 bits per heavy atom. The number of halogens is 1. The number of anilines is 1. The van der Waals surface area contributed by atoms with Crippen LogP contribution in [0.25, 0.3) is 0 Å². The van der Waals surface area contributed by atoms with Crippen LogP contribution in [0.2, 0.25) is 5.02 Å². The Labute approximate surface area is 127 Å². The average Bonchev–Trinajstić information content (AvgIpc) is 2.84. The molecule has 0 radical (unpaired) electrons. The minimum atomic E-state index is 0.312. The van der Waals surface area contributed by atoms with Gasteiger partial charge in [-0.1, -0.05) is 16.8 Å². The van der Waals surface area contributed by atoms with Crippen LogP contribution in [-0.4, -0.2) is 24.8 Å². The Bertz CT molecular complexity index is 640. The van der Waals surface area contributed by atoms with E-state index in [9.17, 15) is 0 Å². The number of nitrogens with two attached hydrogens (primary N) is 1. The van der Waals surface area contributed by atoms with E-state index in [-0.39, 0.29) is 0 Å². The van der Waals surface area contributed by atoms with Gasteiger partial charge in [-0.25, -0.2) is 0 Å². The number of hydrogen-bond donors (Lipinski definition) is 2. The summed E-state index contributed by atoms with van der Waals surface area (Å²) in [5.74, 6) is 1.71. The molecule has 0 aliphatic rings. The second-order valence-electron chi connectivity index (χ2n) is 4.43. The third-order valence-corrected chi connectivity index (χ3v) is 3.04. The van der Waals surface area contributed by atoms with Gasteiger partial charge >= 0.3 is 0 Å². The summed E-state index contributed by atoms with van der Waals surface area (Å²) in [7, 11) is 1.56. The van der Waals surface area contributed by atoms with Crippen LogP contribution in [0.5, 0.6) is 5.75 Å². The molecule has 21 heavy (non-hydrogen) atoms. The molecular formula is C14H17ClN4O2. The first-order chi connectivity index (χ1) is 10.1. The van der Waals surface area contributed by atoms with Crippen molar-refractivity contribution < 1.29 is 9.26 Å². The normalized spacial score (nSPS) is 11.5. The molecule has 0 atom stereocenters. The number of nitrogens with zero attached hydrogens (tertiary/aromatic N) is 2. The van der Waals surface area contributed by atoms with Crippen molar-refractivity contribution in [1.82, 2.24) is 5.16 Å². The highest BCUT2D eigenvalue weighted by Crippen LogP contribution is 2.26. The quantitative estimate of drug-likeness (QED) is 0.655. The third kappa shape index (κ3) is 4.39. The monoisotopic (exact) mass is 308 g/mol. The summed E-state index contributed by atoms with van der Waals surface area (Å²) in [4.78, 5) is 4.22. The summed E-state index contributed by atoms with van der Waals surface area (Å²) >= 11 is 6.03. The molecule has 1 aromatic heterocycles. The molecule has 0 amide bonds. The number of nitrogens with one attached hydrogen (secondary N) is 1. The number of ether oxygens (including phenoxy) is 1. The molecule has 112 valence electrons. The molecule has 0 saturated heterocycles. The van der Waals surface area contributed by atoms with Gasteiger partial charge in [0.15, 0.2) is 5.96 Å². The van der Waals surface area contributed by atoms with Gasteiger partial charge in [-0.2, -0.15) is 0 Å². The highest BCUT2D eigenvalue weighted by molar-refractivity contribution is 6.32. The Morgan fingerprint density at radius 3 is 2.90 bits per heavy atom. The third-order valence-electron chi connectivity index (χ3n) is 2.74. The van der Waals surface area contributed by atoms with E-state index in [1.54, 1.807) is 19.2 Å². The molecule has 1 aromatic carbocycles. The van der Waals surface area contributed by atoms with E-state index >= 15 is 0 Å². The smallest absolute Gasteiger partial charge is 0.193 e. The maximum Gasteiger partial charge on any atom is 0.193 e. The Hall–Kier alpha value is -2.21. The maximum atomic E-state index is 6.03. The van der Waals surface area contributed by atoms with Crippen LogP contribution in [0, 0.1) is 6.92 Å². The van der Waals surface area contributed by atoms with Crippen molar-refractivity contribution in [2.45, 2.75) is 13.3 Å². The summed E-state index contributed by atoms with van der Waals surface area (Å²) in [5.41, 5.74) is 7.42. The van der Waals surface area contributed by atoms with Crippen molar-refractivity contribution in [3.05, 3.63) is 40.7 Å². The zero-order chi connectivity index (χ0) is 15.2. The number of rotatable bonds is 5. The van der Waals surface area contributed by atoms with Gasteiger partial charge < -0.3 is 20.3 Å². The molecule has 0 spiro atoms. The molecule has 0 aliphatic carbocycles. The first kappa shape index (κ1) is 15.2. The van der Waals surface area contributed by atoms with Crippen LogP contribution in [0.15, 0.2) is 33.8 Å². The number of benzene rings is 1. The number of aliphatic imine (C=N–C) groups is 1. The highest BCUT2D eigenvalue weighted by atomic mass is 35.5. The summed E-state index contributed by atoms with van der Waals surface area (Å²) in [6.45, 7) is 2.39. The number of hydrogen-bond acceptors (Lipinski definition) is 4. The number of aryl methyl sites for hydroxylation is 1. The SMILES string of the molecule is COc1ccc(NC(N)=NCCc2cc(C)no2)cc1Cl. The molecule has 2 rings (SSSR count). The van der Waals surface area contributed by atoms with Crippen molar-refractivity contribution in [2.24, 2.45) is 10.7 Å². The highest BCUT2D eigenvalue weighted by Gasteiger charge is 2.03. The van der Waals surface area contributed by atoms with Crippen LogP contribution in [-0.2, 0) is 6.42 Å². The largest absolute Gasteiger partial charge is 0.495 e. The molecule has 3 N–H and O–H groups in total. The molecule has 0 unspecified atom stereocenters. The number of methoxy groups -OCH3 is 1. The van der Waals surface area contributed by atoms with Gasteiger partial charge in [0, 0.05) is 24.7 Å². The summed E-state index contributed by atoms with van der Waals surface area (Å²) in [6.07, 6.45) is 0.645. The van der Waals surface area contributed by atoms with Crippen molar-refractivity contribution in [3.63, 3.8) is 0 Å².